The van der Waals surface area contributed by atoms with Crippen molar-refractivity contribution < 1.29 is 20.4 Å². The molecule has 0 heterocycles. The molecule has 0 atom stereocenters. The van der Waals surface area contributed by atoms with Crippen molar-refractivity contribution >= 4 is 11.6 Å². The van der Waals surface area contributed by atoms with E-state index in [0.29, 0.717) is 63.8 Å². The van der Waals surface area contributed by atoms with Crippen molar-refractivity contribution in [2.45, 2.75) is 72.1 Å². The van der Waals surface area contributed by atoms with E-state index in [1.54, 1.807) is 0 Å². The number of carbonyl (C=O) groups is 2. The minimum absolute atomic E-state index is 0.243. The third-order valence-electron chi connectivity index (χ3n) is 3.38. The van der Waals surface area contributed by atoms with E-state index in [2.05, 4.69) is 13.8 Å². The molecule has 0 radical (unpaired) electrons. The Labute approximate surface area is 137 Å². The van der Waals surface area contributed by atoms with Gasteiger partial charge in [-0.2, -0.15) is 0 Å². The Kier molecular flexibility index (Phi) is 13.3. The largest absolute Gasteiger partial charge is 0.382 e. The van der Waals surface area contributed by atoms with Gasteiger partial charge in [0.15, 0.2) is 0 Å². The molecule has 0 aromatic heterocycles. The normalized spacial score (nSPS) is 11.7. The summed E-state index contributed by atoms with van der Waals surface area (Å²) in [6.45, 7) is 6.72. The average Bonchev–Trinajstić information content (AvgIpc) is 2.51. The summed E-state index contributed by atoms with van der Waals surface area (Å²) in [6.07, 6.45) is 5.59. The van der Waals surface area contributed by atoms with Crippen molar-refractivity contribution in [2.75, 3.05) is 26.4 Å². The molecule has 4 heteroatoms. The average molecular weight is 316 g/mol. The molecule has 0 aromatic rings. The van der Waals surface area contributed by atoms with Crippen LogP contribution in [0.5, 0.6) is 0 Å². The van der Waals surface area contributed by atoms with Gasteiger partial charge < -0.3 is 9.47 Å². The summed E-state index contributed by atoms with van der Waals surface area (Å²) in [7, 11) is 0. The van der Waals surface area contributed by atoms with E-state index in [0.717, 1.165) is 25.7 Å². The van der Waals surface area contributed by atoms with Gasteiger partial charge in [-0.25, -0.2) is 0 Å². The van der Waals surface area contributed by atoms with Crippen LogP contribution in [0.3, 0.4) is 0 Å². The predicted molar refractivity (Wildman–Crippen MR) is 89.1 cm³/mol. The lowest BCUT2D eigenvalue weighted by Gasteiger charge is -2.05. The Morgan fingerprint density at radius 2 is 1.36 bits per heavy atom. The number of ether oxygens (including phenoxy) is 2. The molecule has 0 unspecified atom stereocenters. The van der Waals surface area contributed by atoms with E-state index in [1.165, 1.54) is 0 Å². The van der Waals surface area contributed by atoms with Crippen LogP contribution in [0, 0.1) is 5.92 Å². The van der Waals surface area contributed by atoms with Crippen LogP contribution in [0.25, 0.3) is 0 Å². The first kappa shape index (κ1) is 19.3. The Morgan fingerprint density at radius 3 is 1.86 bits per heavy atom. The number of carbonyl (C=O) groups excluding carboxylic acids is 2. The van der Waals surface area contributed by atoms with Gasteiger partial charge in [-0.3, -0.25) is 9.59 Å². The van der Waals surface area contributed by atoms with Crippen LogP contribution in [0.4, 0.5) is 0 Å². The molecule has 0 spiro atoms. The molecular formula is C18H34O4. The number of hydrogen-bond donors (Lipinski definition) is 0. The van der Waals surface area contributed by atoms with Gasteiger partial charge >= 0.3 is 0 Å². The molecule has 130 valence electrons. The zero-order valence-corrected chi connectivity index (χ0v) is 14.4. The first-order chi connectivity index (χ1) is 11.1. The van der Waals surface area contributed by atoms with Gasteiger partial charge in [0.05, 0.1) is 0 Å². The Balaban J connectivity index is 3.29. The van der Waals surface area contributed by atoms with E-state index in [4.69, 9.17) is 10.8 Å². The molecule has 0 aliphatic rings. The van der Waals surface area contributed by atoms with Crippen LogP contribution in [-0.2, 0) is 19.1 Å². The van der Waals surface area contributed by atoms with Gasteiger partial charge in [-0.15, -0.1) is 0 Å². The highest BCUT2D eigenvalue weighted by atomic mass is 16.5. The molecule has 0 aliphatic carbocycles. The van der Waals surface area contributed by atoms with Gasteiger partial charge in [-0.1, -0.05) is 13.8 Å². The fourth-order valence-electron chi connectivity index (χ4n) is 2.02. The highest BCUT2D eigenvalue weighted by Crippen LogP contribution is 2.07. The van der Waals surface area contributed by atoms with Crippen molar-refractivity contribution in [3.05, 3.63) is 0 Å². The molecule has 0 rings (SSSR count). The van der Waals surface area contributed by atoms with Crippen LogP contribution >= 0.6 is 0 Å². The molecular weight excluding hydrogens is 280 g/mol. The zero-order valence-electron chi connectivity index (χ0n) is 15.4. The zero-order chi connectivity index (χ0) is 17.3. The van der Waals surface area contributed by atoms with Crippen LogP contribution in [0.1, 0.15) is 73.5 Å². The third-order valence-corrected chi connectivity index (χ3v) is 3.38. The minimum atomic E-state index is 0.243. The van der Waals surface area contributed by atoms with Crippen LogP contribution in [0.2, 0.25) is 0 Å². The van der Waals surface area contributed by atoms with Crippen molar-refractivity contribution in [1.29, 1.82) is 0 Å². The number of hydrogen-bond acceptors (Lipinski definition) is 4. The lowest BCUT2D eigenvalue weighted by Crippen LogP contribution is -2.06. The van der Waals surface area contributed by atoms with Gasteiger partial charge in [-0.05, 0) is 38.5 Å². The Bertz CT molecular complexity index is 305. The summed E-state index contributed by atoms with van der Waals surface area (Å²) in [5, 5.41) is 0. The summed E-state index contributed by atoms with van der Waals surface area (Å²) in [5.74, 6) is 1.15. The first-order valence-electron chi connectivity index (χ1n) is 9.25. The predicted octanol–water partition coefficient (Wildman–Crippen LogP) is 3.95. The van der Waals surface area contributed by atoms with E-state index in [9.17, 15) is 9.59 Å². The maximum atomic E-state index is 11.6. The van der Waals surface area contributed by atoms with Crippen molar-refractivity contribution in [2.24, 2.45) is 5.92 Å². The van der Waals surface area contributed by atoms with E-state index < -0.39 is 0 Å². The maximum absolute atomic E-state index is 11.6. The van der Waals surface area contributed by atoms with Crippen LogP contribution in [0.15, 0.2) is 0 Å². The van der Waals surface area contributed by atoms with E-state index >= 15 is 0 Å². The standard InChI is InChI=1S/C18H34O4/c1-4-21-13-5-8-17(19)9-6-14-22-15-7-10-18(20)12-11-16(2)3/h16H,4-15H2,1-3H3/i1T. The topological polar surface area (TPSA) is 52.6 Å². The molecule has 0 N–H and O–H groups in total. The van der Waals surface area contributed by atoms with E-state index in [-0.39, 0.29) is 12.7 Å². The molecule has 0 amide bonds. The monoisotopic (exact) mass is 316 g/mol. The number of Topliss-reactive ketones (excluding diaryl/α,β-unsaturated/α-hetero) is 2. The molecule has 22 heavy (non-hydrogen) atoms. The number of rotatable bonds is 16. The fraction of sp³-hybridized carbons (Fsp3) is 0.889. The molecule has 0 bridgehead atoms. The molecule has 4 nitrogen and oxygen atoms in total. The first-order valence-corrected chi connectivity index (χ1v) is 8.54. The van der Waals surface area contributed by atoms with Gasteiger partial charge in [0, 0.05) is 53.5 Å². The highest BCUT2D eigenvalue weighted by Gasteiger charge is 2.04. The van der Waals surface area contributed by atoms with E-state index in [1.807, 2.05) is 0 Å². The summed E-state index contributed by atoms with van der Waals surface area (Å²) >= 11 is 0. The lowest BCUT2D eigenvalue weighted by molar-refractivity contribution is -0.120. The molecule has 0 aliphatic heterocycles. The molecule has 0 saturated heterocycles. The molecule has 0 aromatic carbocycles. The maximum Gasteiger partial charge on any atom is 0.133 e. The fourth-order valence-corrected chi connectivity index (χ4v) is 2.02. The third kappa shape index (κ3) is 15.6. The van der Waals surface area contributed by atoms with Crippen molar-refractivity contribution in [3.63, 3.8) is 0 Å². The van der Waals surface area contributed by atoms with Gasteiger partial charge in [0.1, 0.15) is 11.6 Å². The van der Waals surface area contributed by atoms with Crippen molar-refractivity contribution in [1.82, 2.24) is 0 Å². The summed E-state index contributed by atoms with van der Waals surface area (Å²) in [6, 6.07) is 0. The van der Waals surface area contributed by atoms with Crippen molar-refractivity contribution in [3.8, 4) is 0 Å². The minimum Gasteiger partial charge on any atom is -0.382 e. The summed E-state index contributed by atoms with van der Waals surface area (Å²) in [4.78, 5) is 23.2. The van der Waals surface area contributed by atoms with Crippen LogP contribution < -0.4 is 0 Å². The van der Waals surface area contributed by atoms with Gasteiger partial charge in [0.2, 0.25) is 0 Å². The second-order valence-corrected chi connectivity index (χ2v) is 6.05. The van der Waals surface area contributed by atoms with Crippen LogP contribution in [-0.4, -0.2) is 38.0 Å². The lowest BCUT2D eigenvalue weighted by atomic mass is 10.0. The molecule has 0 saturated carbocycles. The SMILES string of the molecule is [3H]CCOCCCC(=O)CCCOCCCC(=O)CCC(C)C. The second-order valence-electron chi connectivity index (χ2n) is 6.05. The number of ketones is 2. The quantitative estimate of drug-likeness (QED) is 0.405. The summed E-state index contributed by atoms with van der Waals surface area (Å²) in [5.41, 5.74) is 0. The summed E-state index contributed by atoms with van der Waals surface area (Å²) < 4.78 is 17.5. The Morgan fingerprint density at radius 1 is 0.864 bits per heavy atom. The smallest absolute Gasteiger partial charge is 0.133 e. The second kappa shape index (κ2) is 15.2. The molecule has 0 fully saturated rings. The van der Waals surface area contributed by atoms with Gasteiger partial charge in [0.25, 0.3) is 0 Å². The highest BCUT2D eigenvalue weighted by molar-refractivity contribution is 5.78. The Hall–Kier alpha value is -0.740.